The highest BCUT2D eigenvalue weighted by atomic mass is 19.1. The molecule has 0 bridgehead atoms. The number of fused-ring (bicyclic) bond motifs is 1. The molecule has 0 spiro atoms. The van der Waals surface area contributed by atoms with Gasteiger partial charge in [0.1, 0.15) is 5.82 Å². The number of carbonyl (C=O) groups is 2. The number of benzene rings is 1. The standard InChI is InChI=1S/C15H18FN3O2/c16-12-7-13-9(3-4-14(20)19-13)6-11(12)15(21)18-8-10-2-1-5-17-10/h6-7,10,17H,1-5,8H2,(H,18,21)(H,19,20). The zero-order valence-corrected chi connectivity index (χ0v) is 11.7. The molecule has 0 aliphatic carbocycles. The van der Waals surface area contributed by atoms with E-state index in [0.717, 1.165) is 24.9 Å². The molecule has 0 radical (unpaired) electrons. The van der Waals surface area contributed by atoms with Crippen molar-refractivity contribution >= 4 is 17.5 Å². The van der Waals surface area contributed by atoms with E-state index in [4.69, 9.17) is 0 Å². The lowest BCUT2D eigenvalue weighted by Gasteiger charge is -2.18. The molecular formula is C15H18FN3O2. The van der Waals surface area contributed by atoms with Gasteiger partial charge < -0.3 is 16.0 Å². The lowest BCUT2D eigenvalue weighted by molar-refractivity contribution is -0.116. The van der Waals surface area contributed by atoms with Crippen LogP contribution in [0.1, 0.15) is 35.2 Å². The number of hydrogen-bond acceptors (Lipinski definition) is 3. The first kappa shape index (κ1) is 14.0. The summed E-state index contributed by atoms with van der Waals surface area (Å²) in [6, 6.07) is 3.05. The Morgan fingerprint density at radius 2 is 2.24 bits per heavy atom. The second kappa shape index (κ2) is 5.81. The van der Waals surface area contributed by atoms with Crippen molar-refractivity contribution in [2.24, 2.45) is 0 Å². The van der Waals surface area contributed by atoms with E-state index in [1.54, 1.807) is 6.07 Å². The largest absolute Gasteiger partial charge is 0.350 e. The summed E-state index contributed by atoms with van der Waals surface area (Å²) in [5.41, 5.74) is 1.32. The molecule has 0 aromatic heterocycles. The van der Waals surface area contributed by atoms with Gasteiger partial charge in [0.25, 0.3) is 5.91 Å². The number of halogens is 1. The van der Waals surface area contributed by atoms with Gasteiger partial charge in [-0.25, -0.2) is 4.39 Å². The summed E-state index contributed by atoms with van der Waals surface area (Å²) in [7, 11) is 0. The van der Waals surface area contributed by atoms with Crippen molar-refractivity contribution in [3.05, 3.63) is 29.1 Å². The van der Waals surface area contributed by atoms with Crippen molar-refractivity contribution in [2.45, 2.75) is 31.7 Å². The van der Waals surface area contributed by atoms with E-state index in [1.165, 1.54) is 6.07 Å². The Labute approximate surface area is 122 Å². The van der Waals surface area contributed by atoms with Crippen LogP contribution in [0, 0.1) is 5.82 Å². The maximum Gasteiger partial charge on any atom is 0.254 e. The maximum atomic E-state index is 14.0. The van der Waals surface area contributed by atoms with Gasteiger partial charge in [0.2, 0.25) is 5.91 Å². The minimum absolute atomic E-state index is 0.0443. The number of nitrogens with one attached hydrogen (secondary N) is 3. The molecule has 3 rings (SSSR count). The van der Waals surface area contributed by atoms with E-state index < -0.39 is 11.7 Å². The number of amides is 2. The van der Waals surface area contributed by atoms with Gasteiger partial charge in [-0.2, -0.15) is 0 Å². The van der Waals surface area contributed by atoms with E-state index in [0.29, 0.717) is 25.1 Å². The predicted octanol–water partition coefficient (Wildman–Crippen LogP) is 1.19. The summed E-state index contributed by atoms with van der Waals surface area (Å²) in [4.78, 5) is 23.4. The summed E-state index contributed by atoms with van der Waals surface area (Å²) in [6.45, 7) is 1.47. The van der Waals surface area contributed by atoms with Gasteiger partial charge in [-0.1, -0.05) is 0 Å². The molecule has 112 valence electrons. The fourth-order valence-electron chi connectivity index (χ4n) is 2.82. The number of rotatable bonds is 3. The Bertz CT molecular complexity index is 583. The van der Waals surface area contributed by atoms with E-state index in [9.17, 15) is 14.0 Å². The first-order valence-corrected chi connectivity index (χ1v) is 7.27. The molecule has 2 aliphatic rings. The average Bonchev–Trinajstić information content (AvgIpc) is 2.97. The molecule has 0 saturated carbocycles. The van der Waals surface area contributed by atoms with Crippen molar-refractivity contribution in [3.63, 3.8) is 0 Å². The van der Waals surface area contributed by atoms with Gasteiger partial charge in [0.05, 0.1) is 5.56 Å². The molecule has 1 unspecified atom stereocenters. The predicted molar refractivity (Wildman–Crippen MR) is 76.7 cm³/mol. The van der Waals surface area contributed by atoms with E-state index in [1.807, 2.05) is 0 Å². The summed E-state index contributed by atoms with van der Waals surface area (Å²) < 4.78 is 14.0. The Kier molecular flexibility index (Phi) is 3.88. The highest BCUT2D eigenvalue weighted by molar-refractivity contribution is 5.98. The molecule has 1 saturated heterocycles. The molecule has 1 fully saturated rings. The zero-order valence-electron chi connectivity index (χ0n) is 11.7. The summed E-state index contributed by atoms with van der Waals surface area (Å²) in [6.07, 6.45) is 3.03. The molecular weight excluding hydrogens is 273 g/mol. The minimum atomic E-state index is -0.604. The monoisotopic (exact) mass is 291 g/mol. The highest BCUT2D eigenvalue weighted by Crippen LogP contribution is 2.25. The van der Waals surface area contributed by atoms with Crippen LogP contribution in [0.2, 0.25) is 0 Å². The Morgan fingerprint density at radius 3 is 3.00 bits per heavy atom. The van der Waals surface area contributed by atoms with Crippen LogP contribution in [0.3, 0.4) is 0 Å². The fraction of sp³-hybridized carbons (Fsp3) is 0.467. The first-order chi connectivity index (χ1) is 10.1. The SMILES string of the molecule is O=C1CCc2cc(C(=O)NCC3CCCN3)c(F)cc2N1. The van der Waals surface area contributed by atoms with Crippen molar-refractivity contribution in [3.8, 4) is 0 Å². The smallest absolute Gasteiger partial charge is 0.254 e. The van der Waals surface area contributed by atoms with Crippen molar-refractivity contribution in [1.82, 2.24) is 10.6 Å². The van der Waals surface area contributed by atoms with Crippen molar-refractivity contribution < 1.29 is 14.0 Å². The fourth-order valence-corrected chi connectivity index (χ4v) is 2.82. The molecule has 1 aromatic rings. The van der Waals surface area contributed by atoms with Gasteiger partial charge in [-0.05, 0) is 43.5 Å². The van der Waals surface area contributed by atoms with Crippen LogP contribution in [0.15, 0.2) is 12.1 Å². The molecule has 21 heavy (non-hydrogen) atoms. The Hall–Kier alpha value is -1.95. The Morgan fingerprint density at radius 1 is 1.38 bits per heavy atom. The molecule has 6 heteroatoms. The summed E-state index contributed by atoms with van der Waals surface area (Å²) in [5, 5.41) is 8.67. The van der Waals surface area contributed by atoms with Crippen LogP contribution in [-0.2, 0) is 11.2 Å². The molecule has 2 aliphatic heterocycles. The Balaban J connectivity index is 1.72. The summed E-state index contributed by atoms with van der Waals surface area (Å²) in [5.74, 6) is -1.12. The number of hydrogen-bond donors (Lipinski definition) is 3. The van der Waals surface area contributed by atoms with E-state index in [-0.39, 0.29) is 17.5 Å². The third-order valence-electron chi connectivity index (χ3n) is 4.00. The molecule has 5 nitrogen and oxygen atoms in total. The van der Waals surface area contributed by atoms with Gasteiger partial charge in [0.15, 0.2) is 0 Å². The zero-order chi connectivity index (χ0) is 14.8. The van der Waals surface area contributed by atoms with Gasteiger partial charge >= 0.3 is 0 Å². The van der Waals surface area contributed by atoms with Crippen molar-refractivity contribution in [2.75, 3.05) is 18.4 Å². The van der Waals surface area contributed by atoms with Crippen LogP contribution in [0.4, 0.5) is 10.1 Å². The lowest BCUT2D eigenvalue weighted by atomic mass is 9.99. The van der Waals surface area contributed by atoms with Gasteiger partial charge in [0, 0.05) is 24.7 Å². The van der Waals surface area contributed by atoms with Crippen LogP contribution < -0.4 is 16.0 Å². The quantitative estimate of drug-likeness (QED) is 0.783. The molecule has 3 N–H and O–H groups in total. The minimum Gasteiger partial charge on any atom is -0.350 e. The second-order valence-electron chi connectivity index (χ2n) is 5.54. The molecule has 2 heterocycles. The number of carbonyl (C=O) groups excluding carboxylic acids is 2. The average molecular weight is 291 g/mol. The first-order valence-electron chi connectivity index (χ1n) is 7.27. The number of anilines is 1. The van der Waals surface area contributed by atoms with E-state index >= 15 is 0 Å². The highest BCUT2D eigenvalue weighted by Gasteiger charge is 2.21. The van der Waals surface area contributed by atoms with Crippen LogP contribution in [0.5, 0.6) is 0 Å². The normalized spacial score (nSPS) is 20.8. The topological polar surface area (TPSA) is 70.2 Å². The molecule has 1 atom stereocenters. The number of aryl methyl sites for hydroxylation is 1. The third-order valence-corrected chi connectivity index (χ3v) is 4.00. The second-order valence-corrected chi connectivity index (χ2v) is 5.54. The van der Waals surface area contributed by atoms with Crippen molar-refractivity contribution in [1.29, 1.82) is 0 Å². The maximum absolute atomic E-state index is 14.0. The van der Waals surface area contributed by atoms with Crippen LogP contribution in [-0.4, -0.2) is 30.9 Å². The van der Waals surface area contributed by atoms with Gasteiger partial charge in [-0.15, -0.1) is 0 Å². The van der Waals surface area contributed by atoms with E-state index in [2.05, 4.69) is 16.0 Å². The molecule has 1 aromatic carbocycles. The van der Waals surface area contributed by atoms with Crippen LogP contribution >= 0.6 is 0 Å². The van der Waals surface area contributed by atoms with Crippen LogP contribution in [0.25, 0.3) is 0 Å². The summed E-state index contributed by atoms with van der Waals surface area (Å²) >= 11 is 0. The third kappa shape index (κ3) is 3.05. The lowest BCUT2D eigenvalue weighted by Crippen LogP contribution is -2.37. The van der Waals surface area contributed by atoms with Gasteiger partial charge in [-0.3, -0.25) is 9.59 Å². The molecule has 2 amide bonds.